The van der Waals surface area contributed by atoms with Gasteiger partial charge in [0.05, 0.1) is 13.2 Å². The Morgan fingerprint density at radius 3 is 2.41 bits per heavy atom. The maximum Gasteiger partial charge on any atom is 0.415 e. The van der Waals surface area contributed by atoms with Crippen LogP contribution < -0.4 is 9.64 Å². The van der Waals surface area contributed by atoms with E-state index in [1.54, 1.807) is 0 Å². The van der Waals surface area contributed by atoms with Crippen molar-refractivity contribution in [3.8, 4) is 5.75 Å². The van der Waals surface area contributed by atoms with Gasteiger partial charge in [0, 0.05) is 56.4 Å². The summed E-state index contributed by atoms with van der Waals surface area (Å²) in [7, 11) is 0. The van der Waals surface area contributed by atoms with Gasteiger partial charge < -0.3 is 19.3 Å². The van der Waals surface area contributed by atoms with Gasteiger partial charge >= 0.3 is 6.09 Å². The number of carbonyl (C=O) groups is 1. The zero-order chi connectivity index (χ0) is 23.7. The molecule has 0 aromatic heterocycles. The van der Waals surface area contributed by atoms with E-state index in [2.05, 4.69) is 41.8 Å². The molecule has 3 aliphatic rings. The summed E-state index contributed by atoms with van der Waals surface area (Å²) in [5.74, 6) is 0.594. The van der Waals surface area contributed by atoms with E-state index in [9.17, 15) is 4.79 Å². The Morgan fingerprint density at radius 2 is 1.71 bits per heavy atom. The Labute approximate surface area is 203 Å². The van der Waals surface area contributed by atoms with Crippen molar-refractivity contribution in [3.05, 3.63) is 59.2 Å². The Kier molecular flexibility index (Phi) is 6.54. The molecule has 0 saturated carbocycles. The van der Waals surface area contributed by atoms with Crippen LogP contribution in [-0.2, 0) is 16.7 Å². The molecule has 0 aliphatic carbocycles. The normalized spacial score (nSPS) is 21.3. The standard InChI is InChI=1S/C28H37N3O3/c1-21-4-7-25(8-5-21)34-27(32)31-19-22-18-24(6-9-26(22)28(2,3)20-31)29-12-10-23(11-13-29)30-14-16-33-17-15-30/h4-9,18,23H,10-17,19-20H2,1-3H3. The molecule has 2 saturated heterocycles. The average molecular weight is 464 g/mol. The van der Waals surface area contributed by atoms with Crippen LogP contribution in [0.25, 0.3) is 0 Å². The molecule has 6 nitrogen and oxygen atoms in total. The van der Waals surface area contributed by atoms with Crippen molar-refractivity contribution in [2.45, 2.75) is 51.6 Å². The molecule has 2 fully saturated rings. The molecular formula is C28H37N3O3. The predicted molar refractivity (Wildman–Crippen MR) is 135 cm³/mol. The van der Waals surface area contributed by atoms with E-state index in [4.69, 9.17) is 9.47 Å². The summed E-state index contributed by atoms with van der Waals surface area (Å²) < 4.78 is 11.2. The molecule has 0 radical (unpaired) electrons. The highest BCUT2D eigenvalue weighted by atomic mass is 16.6. The number of amides is 1. The minimum atomic E-state index is -0.278. The van der Waals surface area contributed by atoms with E-state index in [0.29, 0.717) is 24.9 Å². The molecule has 0 unspecified atom stereocenters. The third-order valence-electron chi connectivity index (χ3n) is 7.64. The highest BCUT2D eigenvalue weighted by molar-refractivity contribution is 5.72. The first-order valence-electron chi connectivity index (χ1n) is 12.6. The summed E-state index contributed by atoms with van der Waals surface area (Å²) in [5, 5.41) is 0. The van der Waals surface area contributed by atoms with Crippen molar-refractivity contribution >= 4 is 11.8 Å². The van der Waals surface area contributed by atoms with Crippen LogP contribution in [0.1, 0.15) is 43.4 Å². The second-order valence-electron chi connectivity index (χ2n) is 10.6. The molecule has 2 aromatic carbocycles. The van der Waals surface area contributed by atoms with Crippen molar-refractivity contribution in [3.63, 3.8) is 0 Å². The number of rotatable bonds is 3. The van der Waals surface area contributed by atoms with Crippen LogP contribution in [0, 0.1) is 6.92 Å². The van der Waals surface area contributed by atoms with Gasteiger partial charge in [-0.2, -0.15) is 0 Å². The summed E-state index contributed by atoms with van der Waals surface area (Å²) in [6.45, 7) is 13.7. The third-order valence-corrected chi connectivity index (χ3v) is 7.64. The number of aryl methyl sites for hydroxylation is 1. The van der Waals surface area contributed by atoms with Crippen molar-refractivity contribution in [2.75, 3.05) is 50.8 Å². The lowest BCUT2D eigenvalue weighted by Gasteiger charge is -2.42. The molecule has 34 heavy (non-hydrogen) atoms. The van der Waals surface area contributed by atoms with Crippen molar-refractivity contribution < 1.29 is 14.3 Å². The molecule has 3 aliphatic heterocycles. The van der Waals surface area contributed by atoms with Gasteiger partial charge in [-0.05, 0) is 55.2 Å². The van der Waals surface area contributed by atoms with Crippen molar-refractivity contribution in [1.29, 1.82) is 0 Å². The Hall–Kier alpha value is -2.57. The highest BCUT2D eigenvalue weighted by Crippen LogP contribution is 2.36. The van der Waals surface area contributed by atoms with Crippen molar-refractivity contribution in [2.24, 2.45) is 0 Å². The molecule has 0 bridgehead atoms. The average Bonchev–Trinajstić information content (AvgIpc) is 2.85. The summed E-state index contributed by atoms with van der Waals surface area (Å²) in [5.41, 5.74) is 4.85. The fourth-order valence-electron chi connectivity index (χ4n) is 5.72. The van der Waals surface area contributed by atoms with E-state index in [0.717, 1.165) is 45.0 Å². The first-order valence-corrected chi connectivity index (χ1v) is 12.6. The van der Waals surface area contributed by atoms with Gasteiger partial charge in [0.1, 0.15) is 5.75 Å². The third kappa shape index (κ3) is 4.93. The molecule has 5 rings (SSSR count). The number of hydrogen-bond acceptors (Lipinski definition) is 5. The van der Waals surface area contributed by atoms with Crippen LogP contribution in [0.2, 0.25) is 0 Å². The van der Waals surface area contributed by atoms with Gasteiger partial charge in [0.15, 0.2) is 0 Å². The summed E-state index contributed by atoms with van der Waals surface area (Å²) in [6.07, 6.45) is 2.11. The van der Waals surface area contributed by atoms with Crippen LogP contribution in [0.15, 0.2) is 42.5 Å². The lowest BCUT2D eigenvalue weighted by molar-refractivity contribution is 0.0115. The number of carbonyl (C=O) groups excluding carboxylic acids is 1. The summed E-state index contributed by atoms with van der Waals surface area (Å²) in [6, 6.07) is 15.2. The maximum atomic E-state index is 13.0. The molecule has 0 spiro atoms. The van der Waals surface area contributed by atoms with Gasteiger partial charge in [0.25, 0.3) is 0 Å². The van der Waals surface area contributed by atoms with Gasteiger partial charge in [-0.1, -0.05) is 37.6 Å². The lowest BCUT2D eigenvalue weighted by Crippen LogP contribution is -2.49. The van der Waals surface area contributed by atoms with Gasteiger partial charge in [-0.15, -0.1) is 0 Å². The van der Waals surface area contributed by atoms with Gasteiger partial charge in [-0.25, -0.2) is 4.79 Å². The highest BCUT2D eigenvalue weighted by Gasteiger charge is 2.35. The fraction of sp³-hybridized carbons (Fsp3) is 0.536. The van der Waals surface area contributed by atoms with Crippen LogP contribution in [0.4, 0.5) is 10.5 Å². The minimum absolute atomic E-state index is 0.123. The number of hydrogen-bond donors (Lipinski definition) is 0. The number of morpholine rings is 1. The molecule has 3 heterocycles. The van der Waals surface area contributed by atoms with Crippen LogP contribution in [-0.4, -0.2) is 67.9 Å². The molecule has 6 heteroatoms. The summed E-state index contributed by atoms with van der Waals surface area (Å²) in [4.78, 5) is 20.0. The smallest absolute Gasteiger partial charge is 0.410 e. The number of piperidine rings is 1. The van der Waals surface area contributed by atoms with E-state index < -0.39 is 0 Å². The Bertz CT molecular complexity index is 1010. The first-order chi connectivity index (χ1) is 16.4. The van der Waals surface area contributed by atoms with Crippen LogP contribution in [0.5, 0.6) is 5.75 Å². The minimum Gasteiger partial charge on any atom is -0.410 e. The molecule has 0 atom stereocenters. The number of ether oxygens (including phenoxy) is 2. The number of nitrogens with zero attached hydrogens (tertiary/aromatic N) is 3. The maximum absolute atomic E-state index is 13.0. The molecule has 1 amide bonds. The zero-order valence-electron chi connectivity index (χ0n) is 20.8. The quantitative estimate of drug-likeness (QED) is 0.666. The van der Waals surface area contributed by atoms with E-state index in [1.807, 2.05) is 36.1 Å². The lowest BCUT2D eigenvalue weighted by atomic mass is 9.78. The molecular weight excluding hydrogens is 426 g/mol. The first kappa shape index (κ1) is 23.2. The number of fused-ring (bicyclic) bond motifs is 1. The van der Waals surface area contributed by atoms with E-state index >= 15 is 0 Å². The summed E-state index contributed by atoms with van der Waals surface area (Å²) >= 11 is 0. The van der Waals surface area contributed by atoms with E-state index in [-0.39, 0.29) is 11.5 Å². The fourth-order valence-corrected chi connectivity index (χ4v) is 5.72. The number of anilines is 1. The largest absolute Gasteiger partial charge is 0.415 e. The Balaban J connectivity index is 1.27. The predicted octanol–water partition coefficient (Wildman–Crippen LogP) is 4.59. The second kappa shape index (κ2) is 9.59. The van der Waals surface area contributed by atoms with Crippen LogP contribution >= 0.6 is 0 Å². The zero-order valence-corrected chi connectivity index (χ0v) is 20.8. The second-order valence-corrected chi connectivity index (χ2v) is 10.6. The SMILES string of the molecule is Cc1ccc(OC(=O)N2Cc3cc(N4CCC(N5CCOCC5)CC4)ccc3C(C)(C)C2)cc1. The molecule has 0 N–H and O–H groups in total. The number of benzene rings is 2. The monoisotopic (exact) mass is 463 g/mol. The van der Waals surface area contributed by atoms with E-state index in [1.165, 1.54) is 29.7 Å². The van der Waals surface area contributed by atoms with Gasteiger partial charge in [-0.3, -0.25) is 4.90 Å². The molecule has 2 aromatic rings. The van der Waals surface area contributed by atoms with Gasteiger partial charge in [0.2, 0.25) is 0 Å². The topological polar surface area (TPSA) is 45.2 Å². The van der Waals surface area contributed by atoms with Crippen LogP contribution in [0.3, 0.4) is 0 Å². The molecule has 182 valence electrons. The van der Waals surface area contributed by atoms with Crippen molar-refractivity contribution in [1.82, 2.24) is 9.80 Å². The Morgan fingerprint density at radius 1 is 1.00 bits per heavy atom.